The van der Waals surface area contributed by atoms with E-state index in [2.05, 4.69) is 33.8 Å². The van der Waals surface area contributed by atoms with E-state index in [4.69, 9.17) is 11.6 Å². The molecular weight excluding hydrogens is 256 g/mol. The number of alkyl halides is 1. The Morgan fingerprint density at radius 3 is 2.42 bits per heavy atom. The van der Waals surface area contributed by atoms with E-state index in [1.54, 1.807) is 6.07 Å². The van der Waals surface area contributed by atoms with E-state index in [0.29, 0.717) is 11.6 Å². The molecule has 0 aromatic heterocycles. The molecule has 1 unspecified atom stereocenters. The van der Waals surface area contributed by atoms with Crippen molar-refractivity contribution < 1.29 is 5.11 Å². The highest BCUT2D eigenvalue weighted by Crippen LogP contribution is 2.47. The van der Waals surface area contributed by atoms with Crippen molar-refractivity contribution in [3.8, 4) is 5.75 Å². The molecule has 0 saturated heterocycles. The minimum atomic E-state index is -0.0363. The molecule has 1 aromatic carbocycles. The summed E-state index contributed by atoms with van der Waals surface area (Å²) < 4.78 is 0. The minimum absolute atomic E-state index is 0.0363. The number of para-hydroxylation sites is 1. The van der Waals surface area contributed by atoms with Crippen LogP contribution in [0.1, 0.15) is 39.2 Å². The van der Waals surface area contributed by atoms with Crippen LogP contribution in [0.4, 0.5) is 0 Å². The Labute approximate surface area is 120 Å². The summed E-state index contributed by atoms with van der Waals surface area (Å²) >= 11 is 6.12. The summed E-state index contributed by atoms with van der Waals surface area (Å²) in [4.78, 5) is 0. The summed E-state index contributed by atoms with van der Waals surface area (Å²) in [7, 11) is 0. The van der Waals surface area contributed by atoms with Gasteiger partial charge in [-0.15, -0.1) is 11.6 Å². The van der Waals surface area contributed by atoms with Crippen molar-refractivity contribution in [3.05, 3.63) is 52.6 Å². The molecule has 0 fully saturated rings. The van der Waals surface area contributed by atoms with Gasteiger partial charge in [0.1, 0.15) is 5.75 Å². The van der Waals surface area contributed by atoms with E-state index in [-0.39, 0.29) is 11.3 Å². The van der Waals surface area contributed by atoms with Gasteiger partial charge in [0.2, 0.25) is 0 Å². The van der Waals surface area contributed by atoms with Crippen LogP contribution in [0.15, 0.2) is 47.1 Å². The lowest BCUT2D eigenvalue weighted by Gasteiger charge is -2.27. The smallest absolute Gasteiger partial charge is 0.119 e. The van der Waals surface area contributed by atoms with E-state index in [9.17, 15) is 5.11 Å². The molecule has 0 bridgehead atoms. The number of hydrogen-bond donors (Lipinski definition) is 1. The van der Waals surface area contributed by atoms with Gasteiger partial charge < -0.3 is 5.11 Å². The zero-order chi connectivity index (χ0) is 14.2. The molecule has 0 heterocycles. The van der Waals surface area contributed by atoms with Crippen LogP contribution >= 0.6 is 11.6 Å². The first-order valence-corrected chi connectivity index (χ1v) is 7.16. The molecule has 0 radical (unpaired) electrons. The molecule has 0 spiro atoms. The summed E-state index contributed by atoms with van der Waals surface area (Å²) in [5.74, 6) is 1.12. The topological polar surface area (TPSA) is 20.2 Å². The molecule has 1 aliphatic rings. The minimum Gasteiger partial charge on any atom is -0.508 e. The summed E-state index contributed by atoms with van der Waals surface area (Å²) in [5.41, 5.74) is 4.84. The number of hydrogen-bond acceptors (Lipinski definition) is 1. The van der Waals surface area contributed by atoms with Crippen molar-refractivity contribution in [2.24, 2.45) is 5.41 Å². The first kappa shape index (κ1) is 14.2. The largest absolute Gasteiger partial charge is 0.508 e. The molecule has 1 aliphatic carbocycles. The number of aromatic hydroxyl groups is 1. The second-order valence-corrected chi connectivity index (χ2v) is 6.23. The third kappa shape index (κ3) is 2.44. The summed E-state index contributed by atoms with van der Waals surface area (Å²) in [6, 6.07) is 7.56. The number of halogens is 1. The first-order valence-electron chi connectivity index (χ1n) is 6.62. The fourth-order valence-electron chi connectivity index (χ4n) is 3.13. The Bertz CT molecular complexity index is 552. The van der Waals surface area contributed by atoms with Gasteiger partial charge in [-0.3, -0.25) is 0 Å². The maximum atomic E-state index is 10.0. The van der Waals surface area contributed by atoms with Crippen molar-refractivity contribution in [2.45, 2.75) is 33.6 Å². The predicted octanol–water partition coefficient (Wildman–Crippen LogP) is 5.02. The van der Waals surface area contributed by atoms with Gasteiger partial charge >= 0.3 is 0 Å². The van der Waals surface area contributed by atoms with Crippen LogP contribution in [0.3, 0.4) is 0 Å². The molecule has 0 amide bonds. The highest BCUT2D eigenvalue weighted by atomic mass is 35.5. The lowest BCUT2D eigenvalue weighted by molar-refractivity contribution is 0.467. The van der Waals surface area contributed by atoms with Crippen LogP contribution < -0.4 is 0 Å². The lowest BCUT2D eigenvalue weighted by atomic mass is 9.80. The lowest BCUT2D eigenvalue weighted by Crippen LogP contribution is -2.18. The van der Waals surface area contributed by atoms with Gasteiger partial charge in [0.15, 0.2) is 0 Å². The van der Waals surface area contributed by atoms with Gasteiger partial charge in [0.05, 0.1) is 0 Å². The van der Waals surface area contributed by atoms with Crippen LogP contribution in [0.5, 0.6) is 5.75 Å². The van der Waals surface area contributed by atoms with Crippen LogP contribution in [0, 0.1) is 5.41 Å². The number of benzene rings is 1. The van der Waals surface area contributed by atoms with E-state index < -0.39 is 0 Å². The quantitative estimate of drug-likeness (QED) is 0.769. The fraction of sp³-hybridized carbons (Fsp3) is 0.412. The zero-order valence-corrected chi connectivity index (χ0v) is 12.8. The van der Waals surface area contributed by atoms with Gasteiger partial charge in [0, 0.05) is 22.8 Å². The van der Waals surface area contributed by atoms with Gasteiger partial charge in [-0.05, 0) is 25.5 Å². The highest BCUT2D eigenvalue weighted by Gasteiger charge is 2.32. The van der Waals surface area contributed by atoms with Crippen molar-refractivity contribution in [2.75, 3.05) is 5.88 Å². The molecule has 102 valence electrons. The number of allylic oxidation sites excluding steroid dienone is 4. The van der Waals surface area contributed by atoms with Crippen LogP contribution in [-0.2, 0) is 0 Å². The first-order chi connectivity index (χ1) is 8.88. The number of phenolic OH excluding ortho intramolecular Hbond substituents is 1. The molecule has 1 atom stereocenters. The summed E-state index contributed by atoms with van der Waals surface area (Å²) in [6.07, 6.45) is 2.23. The maximum absolute atomic E-state index is 10.0. The van der Waals surface area contributed by atoms with Crippen molar-refractivity contribution >= 4 is 11.6 Å². The van der Waals surface area contributed by atoms with Gasteiger partial charge in [-0.25, -0.2) is 0 Å². The molecule has 2 rings (SSSR count). The third-order valence-corrected chi connectivity index (χ3v) is 4.62. The third-order valence-electron chi connectivity index (χ3n) is 3.95. The zero-order valence-electron chi connectivity index (χ0n) is 12.0. The van der Waals surface area contributed by atoms with E-state index in [0.717, 1.165) is 5.56 Å². The van der Waals surface area contributed by atoms with Crippen molar-refractivity contribution in [1.29, 1.82) is 0 Å². The Kier molecular flexibility index (Phi) is 3.78. The molecule has 19 heavy (non-hydrogen) atoms. The van der Waals surface area contributed by atoms with Gasteiger partial charge in [-0.1, -0.05) is 49.3 Å². The predicted molar refractivity (Wildman–Crippen MR) is 81.8 cm³/mol. The molecule has 2 heteroatoms. The molecular formula is C17H21ClO. The van der Waals surface area contributed by atoms with Gasteiger partial charge in [-0.2, -0.15) is 0 Å². The summed E-state index contributed by atoms with van der Waals surface area (Å²) in [5, 5.41) is 10.0. The second-order valence-electron chi connectivity index (χ2n) is 5.96. The van der Waals surface area contributed by atoms with E-state index in [1.807, 2.05) is 18.2 Å². The van der Waals surface area contributed by atoms with Crippen molar-refractivity contribution in [1.82, 2.24) is 0 Å². The second kappa shape index (κ2) is 5.05. The molecule has 0 aliphatic heterocycles. The fourth-order valence-corrected chi connectivity index (χ4v) is 3.27. The standard InChI is InChI=1S/C17H21ClO/c1-11-9-14(13-7-5-6-8-15(13)19)12(2)16(11)17(3,4)10-18/h5-9,14,19H,10H2,1-4H3. The Morgan fingerprint density at radius 2 is 1.84 bits per heavy atom. The van der Waals surface area contributed by atoms with Crippen LogP contribution in [0.25, 0.3) is 0 Å². The Hall–Kier alpha value is -1.21. The number of rotatable bonds is 3. The monoisotopic (exact) mass is 276 g/mol. The van der Waals surface area contributed by atoms with Crippen LogP contribution in [-0.4, -0.2) is 11.0 Å². The molecule has 0 saturated carbocycles. The Morgan fingerprint density at radius 1 is 1.21 bits per heavy atom. The Balaban J connectivity index is 2.51. The van der Waals surface area contributed by atoms with Crippen molar-refractivity contribution in [3.63, 3.8) is 0 Å². The average molecular weight is 277 g/mol. The maximum Gasteiger partial charge on any atom is 0.119 e. The van der Waals surface area contributed by atoms with Gasteiger partial charge in [0.25, 0.3) is 0 Å². The summed E-state index contributed by atoms with van der Waals surface area (Å²) in [6.45, 7) is 8.62. The number of phenols is 1. The molecule has 1 nitrogen and oxygen atoms in total. The SMILES string of the molecule is CC1=CC(c2ccccc2O)C(C)=C1C(C)(C)CCl. The normalized spacial score (nSPS) is 19.8. The van der Waals surface area contributed by atoms with Crippen LogP contribution in [0.2, 0.25) is 0 Å². The van der Waals surface area contributed by atoms with E-state index >= 15 is 0 Å². The van der Waals surface area contributed by atoms with E-state index in [1.165, 1.54) is 16.7 Å². The average Bonchev–Trinajstić information content (AvgIpc) is 2.66. The molecule has 1 aromatic rings. The molecule has 1 N–H and O–H groups in total. The highest BCUT2D eigenvalue weighted by molar-refractivity contribution is 6.18.